The number of benzene rings is 3. The minimum Gasteiger partial charge on any atom is -0.319 e. The minimum atomic E-state index is -3.84. The highest BCUT2D eigenvalue weighted by Crippen LogP contribution is 2.23. The van der Waals surface area contributed by atoms with Gasteiger partial charge in [-0.1, -0.05) is 11.6 Å². The average Bonchev–Trinajstić information content (AvgIpc) is 2.66. The van der Waals surface area contributed by atoms with Crippen molar-refractivity contribution in [3.8, 4) is 0 Å². The highest BCUT2D eigenvalue weighted by molar-refractivity contribution is 7.92. The first kappa shape index (κ1) is 20.8. The molecule has 0 fully saturated rings. The maximum atomic E-state index is 13.7. The molecule has 0 unspecified atom stereocenters. The monoisotopic (exact) mass is 436 g/mol. The fourth-order valence-corrected chi connectivity index (χ4v) is 3.78. The molecule has 0 saturated carbocycles. The van der Waals surface area contributed by atoms with E-state index in [4.69, 9.17) is 11.6 Å². The van der Waals surface area contributed by atoms with Crippen molar-refractivity contribution in [2.75, 3.05) is 10.0 Å². The van der Waals surface area contributed by atoms with Gasteiger partial charge in [-0.15, -0.1) is 0 Å². The summed E-state index contributed by atoms with van der Waals surface area (Å²) in [6.45, 7) is 1.62. The van der Waals surface area contributed by atoms with Gasteiger partial charge in [-0.3, -0.25) is 9.52 Å². The van der Waals surface area contributed by atoms with Gasteiger partial charge in [0.1, 0.15) is 11.6 Å². The summed E-state index contributed by atoms with van der Waals surface area (Å²) in [4.78, 5) is 12.4. The third-order valence-corrected chi connectivity index (χ3v) is 5.67. The van der Waals surface area contributed by atoms with Crippen LogP contribution in [0.25, 0.3) is 0 Å². The number of carbonyl (C=O) groups is 1. The van der Waals surface area contributed by atoms with E-state index in [9.17, 15) is 22.0 Å². The summed E-state index contributed by atoms with van der Waals surface area (Å²) < 4.78 is 54.1. The molecular formula is C20H15ClF2N2O3S. The van der Waals surface area contributed by atoms with Crippen molar-refractivity contribution in [1.29, 1.82) is 0 Å². The van der Waals surface area contributed by atoms with Crippen molar-refractivity contribution < 1.29 is 22.0 Å². The molecule has 0 spiro atoms. The normalized spacial score (nSPS) is 11.2. The van der Waals surface area contributed by atoms with Crippen LogP contribution in [0.4, 0.5) is 20.2 Å². The molecule has 0 bridgehead atoms. The third kappa shape index (κ3) is 4.90. The number of rotatable bonds is 5. The maximum absolute atomic E-state index is 13.7. The first-order valence-corrected chi connectivity index (χ1v) is 10.2. The first-order chi connectivity index (χ1) is 13.7. The van der Waals surface area contributed by atoms with Crippen molar-refractivity contribution in [2.45, 2.75) is 11.8 Å². The van der Waals surface area contributed by atoms with Crippen LogP contribution in [0, 0.1) is 18.6 Å². The van der Waals surface area contributed by atoms with Gasteiger partial charge in [-0.05, 0) is 67.1 Å². The quantitative estimate of drug-likeness (QED) is 0.592. The summed E-state index contributed by atoms with van der Waals surface area (Å²) in [7, 11) is -3.84. The van der Waals surface area contributed by atoms with Gasteiger partial charge in [0.05, 0.1) is 16.3 Å². The Kier molecular flexibility index (Phi) is 5.86. The Morgan fingerprint density at radius 1 is 0.931 bits per heavy atom. The summed E-state index contributed by atoms with van der Waals surface area (Å²) in [5, 5.41) is 2.76. The molecule has 0 atom stereocenters. The molecule has 0 saturated heterocycles. The van der Waals surface area contributed by atoms with Crippen LogP contribution in [0.3, 0.4) is 0 Å². The van der Waals surface area contributed by atoms with E-state index in [-0.39, 0.29) is 21.8 Å². The Labute approximate surface area is 171 Å². The topological polar surface area (TPSA) is 75.3 Å². The highest BCUT2D eigenvalue weighted by atomic mass is 35.5. The van der Waals surface area contributed by atoms with Gasteiger partial charge in [-0.2, -0.15) is 0 Å². The van der Waals surface area contributed by atoms with Crippen LogP contribution >= 0.6 is 11.6 Å². The third-order valence-electron chi connectivity index (χ3n) is 4.04. The van der Waals surface area contributed by atoms with Gasteiger partial charge in [0.25, 0.3) is 15.9 Å². The molecule has 3 rings (SSSR count). The van der Waals surface area contributed by atoms with Crippen molar-refractivity contribution in [3.05, 3.63) is 88.4 Å². The van der Waals surface area contributed by atoms with Crippen LogP contribution in [-0.4, -0.2) is 14.3 Å². The second-order valence-corrected chi connectivity index (χ2v) is 8.29. The van der Waals surface area contributed by atoms with E-state index in [1.54, 1.807) is 6.92 Å². The standard InChI is InChI=1S/C20H15ClF2N2O3S/c1-12-10-13(20(26)24-19-9-5-15(22)11-17(19)23)2-8-18(12)25-29(27,28)16-6-3-14(21)4-7-16/h2-11,25H,1H3,(H,24,26). The molecule has 150 valence electrons. The van der Waals surface area contributed by atoms with E-state index in [1.165, 1.54) is 42.5 Å². The highest BCUT2D eigenvalue weighted by Gasteiger charge is 2.17. The Bertz CT molecular complexity index is 1180. The largest absolute Gasteiger partial charge is 0.319 e. The van der Waals surface area contributed by atoms with Crippen molar-refractivity contribution >= 4 is 38.9 Å². The summed E-state index contributed by atoms with van der Waals surface area (Å²) in [5.74, 6) is -2.28. The van der Waals surface area contributed by atoms with E-state index < -0.39 is 27.6 Å². The molecule has 0 aliphatic carbocycles. The Balaban J connectivity index is 1.79. The molecule has 0 aliphatic rings. The Morgan fingerprint density at radius 3 is 2.21 bits per heavy atom. The van der Waals surface area contributed by atoms with Crippen molar-refractivity contribution in [1.82, 2.24) is 0 Å². The number of halogens is 3. The first-order valence-electron chi connectivity index (χ1n) is 8.31. The minimum absolute atomic E-state index is 0.0369. The van der Waals surface area contributed by atoms with E-state index >= 15 is 0 Å². The van der Waals surface area contributed by atoms with Crippen LogP contribution in [0.5, 0.6) is 0 Å². The van der Waals surface area contributed by atoms with Gasteiger partial charge in [0.2, 0.25) is 0 Å². The molecule has 0 aliphatic heterocycles. The number of nitrogens with one attached hydrogen (secondary N) is 2. The predicted octanol–water partition coefficient (Wildman–Crippen LogP) is 4.98. The van der Waals surface area contributed by atoms with Crippen LogP contribution in [0.2, 0.25) is 5.02 Å². The molecule has 3 aromatic carbocycles. The zero-order chi connectivity index (χ0) is 21.2. The number of aryl methyl sites for hydroxylation is 1. The second kappa shape index (κ2) is 8.18. The van der Waals surface area contributed by atoms with Crippen molar-refractivity contribution in [2.24, 2.45) is 0 Å². The second-order valence-electron chi connectivity index (χ2n) is 6.17. The lowest BCUT2D eigenvalue weighted by Gasteiger charge is -2.12. The smallest absolute Gasteiger partial charge is 0.261 e. The van der Waals surface area contributed by atoms with Gasteiger partial charge in [-0.25, -0.2) is 17.2 Å². The van der Waals surface area contributed by atoms with Crippen LogP contribution in [0.1, 0.15) is 15.9 Å². The molecule has 1 amide bonds. The number of carbonyl (C=O) groups excluding carboxylic acids is 1. The van der Waals surface area contributed by atoms with E-state index in [0.717, 1.165) is 12.1 Å². The van der Waals surface area contributed by atoms with Gasteiger partial charge >= 0.3 is 0 Å². The maximum Gasteiger partial charge on any atom is 0.261 e. The van der Waals surface area contributed by atoms with Crippen LogP contribution < -0.4 is 10.0 Å². The van der Waals surface area contributed by atoms with E-state index in [0.29, 0.717) is 16.7 Å². The van der Waals surface area contributed by atoms with Gasteiger partial charge in [0.15, 0.2) is 0 Å². The predicted molar refractivity (Wildman–Crippen MR) is 108 cm³/mol. The lowest BCUT2D eigenvalue weighted by molar-refractivity contribution is 0.102. The number of amides is 1. The zero-order valence-corrected chi connectivity index (χ0v) is 16.6. The number of hydrogen-bond acceptors (Lipinski definition) is 3. The molecule has 29 heavy (non-hydrogen) atoms. The molecule has 0 heterocycles. The lowest BCUT2D eigenvalue weighted by Crippen LogP contribution is -2.16. The number of sulfonamides is 1. The van der Waals surface area contributed by atoms with Crippen molar-refractivity contribution in [3.63, 3.8) is 0 Å². The number of anilines is 2. The molecule has 9 heteroatoms. The SMILES string of the molecule is Cc1cc(C(=O)Nc2ccc(F)cc2F)ccc1NS(=O)(=O)c1ccc(Cl)cc1. The summed E-state index contributed by atoms with van der Waals surface area (Å²) >= 11 is 5.77. The molecule has 5 nitrogen and oxygen atoms in total. The van der Waals surface area contributed by atoms with Gasteiger partial charge in [0, 0.05) is 16.7 Å². The number of hydrogen-bond donors (Lipinski definition) is 2. The summed E-state index contributed by atoms with van der Waals surface area (Å²) in [6, 6.07) is 12.8. The summed E-state index contributed by atoms with van der Waals surface area (Å²) in [5.41, 5.74) is 0.779. The van der Waals surface area contributed by atoms with Gasteiger partial charge < -0.3 is 5.32 Å². The summed E-state index contributed by atoms with van der Waals surface area (Å²) in [6.07, 6.45) is 0. The average molecular weight is 437 g/mol. The lowest BCUT2D eigenvalue weighted by atomic mass is 10.1. The molecule has 3 aromatic rings. The molecule has 2 N–H and O–H groups in total. The Hall–Kier alpha value is -2.97. The fourth-order valence-electron chi connectivity index (χ4n) is 2.52. The van der Waals surface area contributed by atoms with Crippen LogP contribution in [-0.2, 0) is 10.0 Å². The molecule has 0 radical (unpaired) electrons. The molecular weight excluding hydrogens is 422 g/mol. The molecule has 0 aromatic heterocycles. The van der Waals surface area contributed by atoms with E-state index in [2.05, 4.69) is 10.0 Å². The Morgan fingerprint density at radius 2 is 1.59 bits per heavy atom. The van der Waals surface area contributed by atoms with E-state index in [1.807, 2.05) is 0 Å². The van der Waals surface area contributed by atoms with Crippen LogP contribution in [0.15, 0.2) is 65.6 Å². The zero-order valence-electron chi connectivity index (χ0n) is 15.0. The fraction of sp³-hybridized carbons (Fsp3) is 0.0500.